The quantitative estimate of drug-likeness (QED) is 0.514. The van der Waals surface area contributed by atoms with Crippen LogP contribution in [0.2, 0.25) is 10.4 Å². The van der Waals surface area contributed by atoms with Gasteiger partial charge in [-0.3, -0.25) is 0 Å². The first-order chi connectivity index (χ1) is 9.63. The van der Waals surface area contributed by atoms with Crippen molar-refractivity contribution in [2.45, 2.75) is 0 Å². The van der Waals surface area contributed by atoms with E-state index in [1.54, 1.807) is 24.3 Å². The molecule has 0 atom stereocenters. The third-order valence-electron chi connectivity index (χ3n) is 1.91. The second-order valence-electron chi connectivity index (χ2n) is 3.38. The maximum absolute atomic E-state index is 5.60. The molecule has 7 nitrogen and oxygen atoms in total. The fourth-order valence-corrected chi connectivity index (χ4v) is 1.43. The maximum Gasteiger partial charge on any atom is 0.234 e. The van der Waals surface area contributed by atoms with E-state index in [4.69, 9.17) is 37.8 Å². The van der Waals surface area contributed by atoms with Crippen molar-refractivity contribution in [3.05, 3.63) is 46.2 Å². The van der Waals surface area contributed by atoms with Gasteiger partial charge in [0.15, 0.2) is 10.4 Å². The molecule has 104 valence electrons. The zero-order valence-electron chi connectivity index (χ0n) is 9.96. The van der Waals surface area contributed by atoms with Gasteiger partial charge in [-0.15, -0.1) is 5.10 Å². The Morgan fingerprint density at radius 1 is 1.05 bits per heavy atom. The van der Waals surface area contributed by atoms with E-state index in [9.17, 15) is 0 Å². The molecule has 0 unspecified atom stereocenters. The molecular formula is C11H9Cl2N5O2. The summed E-state index contributed by atoms with van der Waals surface area (Å²) in [6.07, 6.45) is 2.75. The number of halogens is 2. The van der Waals surface area contributed by atoms with Crippen molar-refractivity contribution >= 4 is 41.6 Å². The number of hydrogen-bond donors (Lipinski definition) is 2. The number of nitrogens with zero attached hydrogens (tertiary/aromatic N) is 3. The van der Waals surface area contributed by atoms with Crippen LogP contribution in [0.25, 0.3) is 0 Å². The minimum absolute atomic E-state index is 0.00666. The molecule has 0 saturated heterocycles. The minimum atomic E-state index is -0.00666. The highest BCUT2D eigenvalue weighted by Crippen LogP contribution is 2.11. The van der Waals surface area contributed by atoms with Crippen molar-refractivity contribution < 1.29 is 8.83 Å². The summed E-state index contributed by atoms with van der Waals surface area (Å²) in [5, 5.41) is 11.7. The highest BCUT2D eigenvalue weighted by Gasteiger charge is 1.96. The zero-order chi connectivity index (χ0) is 14.4. The Bertz CT molecular complexity index is 659. The second-order valence-corrected chi connectivity index (χ2v) is 4.13. The van der Waals surface area contributed by atoms with E-state index >= 15 is 0 Å². The van der Waals surface area contributed by atoms with Crippen LogP contribution in [0.1, 0.15) is 11.5 Å². The third-order valence-corrected chi connectivity index (χ3v) is 2.32. The Labute approximate surface area is 123 Å². The van der Waals surface area contributed by atoms with Crippen LogP contribution in [0, 0.1) is 0 Å². The predicted octanol–water partition coefficient (Wildman–Crippen LogP) is 2.45. The van der Waals surface area contributed by atoms with Gasteiger partial charge < -0.3 is 14.6 Å². The number of rotatable bonds is 4. The van der Waals surface area contributed by atoms with Gasteiger partial charge in [0.1, 0.15) is 11.5 Å². The third kappa shape index (κ3) is 4.45. The Morgan fingerprint density at radius 2 is 1.65 bits per heavy atom. The van der Waals surface area contributed by atoms with E-state index < -0.39 is 0 Å². The van der Waals surface area contributed by atoms with E-state index in [1.807, 2.05) is 0 Å². The van der Waals surface area contributed by atoms with Gasteiger partial charge in [0.25, 0.3) is 0 Å². The fraction of sp³-hybridized carbons (Fsp3) is 0. The van der Waals surface area contributed by atoms with Gasteiger partial charge in [-0.05, 0) is 47.5 Å². The highest BCUT2D eigenvalue weighted by atomic mass is 35.5. The van der Waals surface area contributed by atoms with Crippen LogP contribution < -0.4 is 11.2 Å². The summed E-state index contributed by atoms with van der Waals surface area (Å²) in [6.45, 7) is 0. The van der Waals surface area contributed by atoms with Gasteiger partial charge in [-0.1, -0.05) is 0 Å². The van der Waals surface area contributed by atoms with Crippen LogP contribution in [0.15, 0.2) is 48.4 Å². The van der Waals surface area contributed by atoms with Gasteiger partial charge in [0.05, 0.1) is 12.4 Å². The first kappa shape index (κ1) is 14.2. The molecule has 0 spiro atoms. The summed E-state index contributed by atoms with van der Waals surface area (Å²) in [6, 6.07) is 6.48. The van der Waals surface area contributed by atoms with E-state index in [1.165, 1.54) is 12.4 Å². The molecule has 2 aromatic rings. The molecule has 9 heteroatoms. The van der Waals surface area contributed by atoms with E-state index in [-0.39, 0.29) is 16.4 Å². The van der Waals surface area contributed by atoms with Gasteiger partial charge in [-0.25, -0.2) is 5.43 Å². The summed E-state index contributed by atoms with van der Waals surface area (Å²) >= 11 is 11.2. The number of hydrogen-bond acceptors (Lipinski definition) is 5. The molecule has 0 saturated carbocycles. The predicted molar refractivity (Wildman–Crippen MR) is 77.4 cm³/mol. The number of guanidine groups is 1. The van der Waals surface area contributed by atoms with Crippen molar-refractivity contribution in [3.63, 3.8) is 0 Å². The van der Waals surface area contributed by atoms with E-state index in [0.717, 1.165) is 0 Å². The first-order valence-corrected chi connectivity index (χ1v) is 6.05. The monoisotopic (exact) mass is 313 g/mol. The molecule has 0 amide bonds. The fourth-order valence-electron chi connectivity index (χ4n) is 1.13. The molecule has 0 bridgehead atoms. The summed E-state index contributed by atoms with van der Waals surface area (Å²) in [5.74, 6) is 0.928. The van der Waals surface area contributed by atoms with Crippen molar-refractivity contribution in [1.82, 2.24) is 5.43 Å². The van der Waals surface area contributed by atoms with Crippen molar-refractivity contribution in [2.24, 2.45) is 21.0 Å². The van der Waals surface area contributed by atoms with Crippen LogP contribution in [0.5, 0.6) is 0 Å². The lowest BCUT2D eigenvalue weighted by molar-refractivity contribution is 0.562. The van der Waals surface area contributed by atoms with Crippen LogP contribution in [-0.4, -0.2) is 18.4 Å². The number of nitrogens with one attached hydrogen (secondary N) is 1. The van der Waals surface area contributed by atoms with Crippen molar-refractivity contribution in [1.29, 1.82) is 0 Å². The molecule has 2 aromatic heterocycles. The summed E-state index contributed by atoms with van der Waals surface area (Å²) in [5.41, 5.74) is 7.97. The zero-order valence-corrected chi connectivity index (χ0v) is 11.5. The Kier molecular flexibility index (Phi) is 4.80. The number of hydrazone groups is 1. The topological polar surface area (TPSA) is 101 Å². The van der Waals surface area contributed by atoms with Crippen LogP contribution >= 0.6 is 23.2 Å². The lowest BCUT2D eigenvalue weighted by Gasteiger charge is -1.94. The molecule has 0 aliphatic rings. The first-order valence-electron chi connectivity index (χ1n) is 5.30. The standard InChI is InChI=1S/C11H9Cl2N5O2/c12-9-3-1-7(19-9)5-15-17-11(14)18-16-6-8-2-4-10(13)20-8/h1-6H,(H3,14,17,18). The molecule has 0 aliphatic heterocycles. The average Bonchev–Trinajstić information content (AvgIpc) is 2.99. The molecule has 0 fully saturated rings. The summed E-state index contributed by atoms with van der Waals surface area (Å²) in [4.78, 5) is 0. The molecular weight excluding hydrogens is 305 g/mol. The Morgan fingerprint density at radius 3 is 2.20 bits per heavy atom. The van der Waals surface area contributed by atoms with Gasteiger partial charge in [0.2, 0.25) is 5.96 Å². The van der Waals surface area contributed by atoms with Crippen molar-refractivity contribution in [2.75, 3.05) is 0 Å². The number of nitrogens with two attached hydrogens (primary N) is 1. The number of furan rings is 2. The Hall–Kier alpha value is -2.25. The van der Waals surface area contributed by atoms with E-state index in [2.05, 4.69) is 20.7 Å². The van der Waals surface area contributed by atoms with Gasteiger partial charge in [0, 0.05) is 0 Å². The minimum Gasteiger partial charge on any atom is -0.444 e. The van der Waals surface area contributed by atoms with E-state index in [0.29, 0.717) is 11.5 Å². The molecule has 3 N–H and O–H groups in total. The molecule has 0 radical (unpaired) electrons. The molecule has 0 aliphatic carbocycles. The average molecular weight is 314 g/mol. The normalized spacial score (nSPS) is 12.6. The SMILES string of the molecule is NC(=NN=Cc1ccc(Cl)o1)NN=Cc1ccc(Cl)o1. The van der Waals surface area contributed by atoms with Gasteiger partial charge >= 0.3 is 0 Å². The second kappa shape index (κ2) is 6.78. The molecule has 20 heavy (non-hydrogen) atoms. The maximum atomic E-state index is 5.60. The molecule has 0 aromatic carbocycles. The van der Waals surface area contributed by atoms with Crippen LogP contribution in [0.3, 0.4) is 0 Å². The highest BCUT2D eigenvalue weighted by molar-refractivity contribution is 6.29. The van der Waals surface area contributed by atoms with Crippen LogP contribution in [-0.2, 0) is 0 Å². The summed E-state index contributed by atoms with van der Waals surface area (Å²) < 4.78 is 10.1. The smallest absolute Gasteiger partial charge is 0.234 e. The van der Waals surface area contributed by atoms with Gasteiger partial charge in [-0.2, -0.15) is 10.2 Å². The summed E-state index contributed by atoms with van der Waals surface area (Å²) in [7, 11) is 0. The lowest BCUT2D eigenvalue weighted by atomic mass is 10.5. The largest absolute Gasteiger partial charge is 0.444 e. The lowest BCUT2D eigenvalue weighted by Crippen LogP contribution is -2.26. The molecule has 2 rings (SSSR count). The Balaban J connectivity index is 1.85. The van der Waals surface area contributed by atoms with Crippen molar-refractivity contribution in [3.8, 4) is 0 Å². The van der Waals surface area contributed by atoms with Crippen LogP contribution in [0.4, 0.5) is 0 Å². The molecule has 2 heterocycles.